The maximum Gasteiger partial charge on any atom is 0.187 e. The number of thiazole rings is 1. The van der Waals surface area contributed by atoms with Gasteiger partial charge in [-0.25, -0.2) is 4.98 Å². The number of halogens is 1. The predicted octanol–water partition coefficient (Wildman–Crippen LogP) is 3.01. The molecule has 0 atom stereocenters. The van der Waals surface area contributed by atoms with Gasteiger partial charge in [0.15, 0.2) is 16.6 Å². The molecule has 82 valence electrons. The topological polar surface area (TPSA) is 33.2 Å². The Morgan fingerprint density at radius 3 is 2.93 bits per heavy atom. The summed E-state index contributed by atoms with van der Waals surface area (Å²) in [6.07, 6.45) is 4.62. The molecule has 15 heavy (non-hydrogen) atoms. The summed E-state index contributed by atoms with van der Waals surface area (Å²) in [4.78, 5) is 17.2. The first-order valence-electron chi connectivity index (χ1n) is 4.62. The molecular formula is C10H13ClN2OS. The van der Waals surface area contributed by atoms with Gasteiger partial charge in [0.2, 0.25) is 0 Å². The highest BCUT2D eigenvalue weighted by atomic mass is 35.5. The second-order valence-corrected chi connectivity index (χ2v) is 4.49. The van der Waals surface area contributed by atoms with Crippen molar-refractivity contribution < 1.29 is 4.79 Å². The summed E-state index contributed by atoms with van der Waals surface area (Å²) >= 11 is 7.09. The molecule has 0 unspecified atom stereocenters. The molecule has 3 nitrogen and oxygen atoms in total. The fourth-order valence-electron chi connectivity index (χ4n) is 1.11. The summed E-state index contributed by atoms with van der Waals surface area (Å²) in [6, 6.07) is 0. The summed E-state index contributed by atoms with van der Waals surface area (Å²) in [5.74, 6) is 0. The zero-order chi connectivity index (χ0) is 11.3. The number of carbonyl (C=O) groups excluding carboxylic acids is 1. The van der Waals surface area contributed by atoms with E-state index in [1.54, 1.807) is 0 Å². The van der Waals surface area contributed by atoms with Crippen molar-refractivity contribution in [1.82, 2.24) is 4.98 Å². The SMILES string of the molecule is C=CCCCN(C)c1nc(Cl)c(C=O)s1. The monoisotopic (exact) mass is 244 g/mol. The minimum atomic E-state index is 0.292. The van der Waals surface area contributed by atoms with E-state index in [1.165, 1.54) is 11.3 Å². The number of nitrogens with zero attached hydrogens (tertiary/aromatic N) is 2. The molecular weight excluding hydrogens is 232 g/mol. The zero-order valence-corrected chi connectivity index (χ0v) is 10.1. The first kappa shape index (κ1) is 12.2. The molecule has 0 aliphatic rings. The lowest BCUT2D eigenvalue weighted by Gasteiger charge is -2.14. The predicted molar refractivity (Wildman–Crippen MR) is 65.2 cm³/mol. The Balaban J connectivity index is 2.60. The van der Waals surface area contributed by atoms with Crippen molar-refractivity contribution in [3.05, 3.63) is 22.7 Å². The summed E-state index contributed by atoms with van der Waals surface area (Å²) in [5.41, 5.74) is 0. The smallest absolute Gasteiger partial charge is 0.187 e. The Bertz CT molecular complexity index is 351. The Labute approximate surface area is 98.4 Å². The van der Waals surface area contributed by atoms with E-state index in [1.807, 2.05) is 18.0 Å². The highest BCUT2D eigenvalue weighted by Crippen LogP contribution is 2.27. The maximum atomic E-state index is 10.6. The summed E-state index contributed by atoms with van der Waals surface area (Å²) in [6.45, 7) is 4.55. The van der Waals surface area contributed by atoms with E-state index in [2.05, 4.69) is 11.6 Å². The molecule has 0 saturated carbocycles. The lowest BCUT2D eigenvalue weighted by Crippen LogP contribution is -2.17. The Morgan fingerprint density at radius 2 is 2.40 bits per heavy atom. The number of anilines is 1. The van der Waals surface area contributed by atoms with Crippen LogP contribution in [-0.2, 0) is 0 Å². The summed E-state index contributed by atoms with van der Waals surface area (Å²) in [5, 5.41) is 1.08. The van der Waals surface area contributed by atoms with Crippen molar-refractivity contribution in [2.75, 3.05) is 18.5 Å². The van der Waals surface area contributed by atoms with Crippen LogP contribution in [0.15, 0.2) is 12.7 Å². The molecule has 0 fully saturated rings. The molecule has 1 heterocycles. The van der Waals surface area contributed by atoms with Crippen LogP contribution < -0.4 is 4.90 Å². The van der Waals surface area contributed by atoms with Gasteiger partial charge in [0, 0.05) is 13.6 Å². The van der Waals surface area contributed by atoms with Crippen LogP contribution in [0, 0.1) is 0 Å². The van der Waals surface area contributed by atoms with Crippen LogP contribution in [-0.4, -0.2) is 24.9 Å². The van der Waals surface area contributed by atoms with E-state index in [0.717, 1.165) is 30.8 Å². The third kappa shape index (κ3) is 3.32. The Morgan fingerprint density at radius 1 is 1.67 bits per heavy atom. The van der Waals surface area contributed by atoms with Gasteiger partial charge in [0.1, 0.15) is 4.88 Å². The molecule has 0 N–H and O–H groups in total. The van der Waals surface area contributed by atoms with Crippen molar-refractivity contribution >= 4 is 34.4 Å². The number of allylic oxidation sites excluding steroid dienone is 1. The van der Waals surface area contributed by atoms with E-state index < -0.39 is 0 Å². The first-order chi connectivity index (χ1) is 7.19. The van der Waals surface area contributed by atoms with Crippen molar-refractivity contribution in [3.8, 4) is 0 Å². The molecule has 0 aromatic carbocycles. The normalized spacial score (nSPS) is 10.0. The van der Waals surface area contributed by atoms with E-state index in [-0.39, 0.29) is 0 Å². The quantitative estimate of drug-likeness (QED) is 0.438. The van der Waals surface area contributed by atoms with E-state index in [4.69, 9.17) is 11.6 Å². The molecule has 0 aliphatic heterocycles. The Hall–Kier alpha value is -0.870. The summed E-state index contributed by atoms with van der Waals surface area (Å²) in [7, 11) is 1.94. The first-order valence-corrected chi connectivity index (χ1v) is 5.82. The van der Waals surface area contributed by atoms with Gasteiger partial charge in [-0.05, 0) is 12.8 Å². The number of carbonyl (C=O) groups is 1. The maximum absolute atomic E-state index is 10.6. The lowest BCUT2D eigenvalue weighted by molar-refractivity contribution is 0.112. The van der Waals surface area contributed by atoms with E-state index >= 15 is 0 Å². The molecule has 1 aromatic rings. The van der Waals surface area contributed by atoms with Crippen LogP contribution in [0.2, 0.25) is 5.15 Å². The second kappa shape index (κ2) is 5.88. The molecule has 1 aromatic heterocycles. The zero-order valence-electron chi connectivity index (χ0n) is 8.57. The van der Waals surface area contributed by atoms with Crippen LogP contribution in [0.5, 0.6) is 0 Å². The van der Waals surface area contributed by atoms with Crippen LogP contribution in [0.4, 0.5) is 5.13 Å². The average Bonchev–Trinajstić information content (AvgIpc) is 2.60. The minimum Gasteiger partial charge on any atom is -0.351 e. The van der Waals surface area contributed by atoms with Crippen LogP contribution >= 0.6 is 22.9 Å². The van der Waals surface area contributed by atoms with Gasteiger partial charge in [-0.2, -0.15) is 0 Å². The molecule has 0 saturated heterocycles. The van der Waals surface area contributed by atoms with Crippen LogP contribution in [0.3, 0.4) is 0 Å². The number of aromatic nitrogens is 1. The number of aldehydes is 1. The molecule has 0 aliphatic carbocycles. The second-order valence-electron chi connectivity index (χ2n) is 3.12. The number of rotatable bonds is 6. The minimum absolute atomic E-state index is 0.292. The van der Waals surface area contributed by atoms with Gasteiger partial charge in [-0.15, -0.1) is 6.58 Å². The number of hydrogen-bond donors (Lipinski definition) is 0. The lowest BCUT2D eigenvalue weighted by atomic mass is 10.3. The molecule has 5 heteroatoms. The van der Waals surface area contributed by atoms with Crippen molar-refractivity contribution in [2.45, 2.75) is 12.8 Å². The highest BCUT2D eigenvalue weighted by molar-refractivity contribution is 7.17. The third-order valence-corrected chi connectivity index (χ3v) is 3.43. The van der Waals surface area contributed by atoms with Gasteiger partial charge >= 0.3 is 0 Å². The van der Waals surface area contributed by atoms with E-state index in [0.29, 0.717) is 10.0 Å². The van der Waals surface area contributed by atoms with Crippen molar-refractivity contribution in [2.24, 2.45) is 0 Å². The highest BCUT2D eigenvalue weighted by Gasteiger charge is 2.11. The van der Waals surface area contributed by atoms with Gasteiger partial charge in [-0.1, -0.05) is 29.0 Å². The molecule has 0 spiro atoms. The standard InChI is InChI=1S/C10H13ClN2OS/c1-3-4-5-6-13(2)10-12-9(11)8(7-14)15-10/h3,7H,1,4-6H2,2H3. The fourth-order valence-corrected chi connectivity index (χ4v) is 2.16. The molecule has 0 amide bonds. The largest absolute Gasteiger partial charge is 0.351 e. The summed E-state index contributed by atoms with van der Waals surface area (Å²) < 4.78 is 0. The average molecular weight is 245 g/mol. The van der Waals surface area contributed by atoms with Crippen LogP contribution in [0.1, 0.15) is 22.5 Å². The van der Waals surface area contributed by atoms with Gasteiger partial charge in [-0.3, -0.25) is 4.79 Å². The molecule has 0 bridgehead atoms. The van der Waals surface area contributed by atoms with Gasteiger partial charge in [0.25, 0.3) is 0 Å². The Kier molecular flexibility index (Phi) is 4.78. The molecule has 0 radical (unpaired) electrons. The van der Waals surface area contributed by atoms with Gasteiger partial charge in [0.05, 0.1) is 0 Å². The van der Waals surface area contributed by atoms with Gasteiger partial charge < -0.3 is 4.90 Å². The number of unbranched alkanes of at least 4 members (excludes halogenated alkanes) is 1. The third-order valence-electron chi connectivity index (χ3n) is 1.93. The molecule has 1 rings (SSSR count). The fraction of sp³-hybridized carbons (Fsp3) is 0.400. The van der Waals surface area contributed by atoms with E-state index in [9.17, 15) is 4.79 Å². The van der Waals surface area contributed by atoms with Crippen LogP contribution in [0.25, 0.3) is 0 Å². The number of hydrogen-bond acceptors (Lipinski definition) is 4. The van der Waals surface area contributed by atoms with Crippen molar-refractivity contribution in [1.29, 1.82) is 0 Å². The van der Waals surface area contributed by atoms with Crippen molar-refractivity contribution in [3.63, 3.8) is 0 Å².